The summed E-state index contributed by atoms with van der Waals surface area (Å²) in [6, 6.07) is 4.12. The van der Waals surface area contributed by atoms with Gasteiger partial charge in [0.05, 0.1) is 24.1 Å². The van der Waals surface area contributed by atoms with Crippen LogP contribution in [0.4, 0.5) is 23.4 Å². The summed E-state index contributed by atoms with van der Waals surface area (Å²) in [5, 5.41) is 3.90. The lowest BCUT2D eigenvalue weighted by molar-refractivity contribution is -0.0695. The van der Waals surface area contributed by atoms with E-state index in [4.69, 9.17) is 0 Å². The summed E-state index contributed by atoms with van der Waals surface area (Å²) in [6.45, 7) is -0.541. The molecule has 1 saturated heterocycles. The first-order valence-corrected chi connectivity index (χ1v) is 11.5. The van der Waals surface area contributed by atoms with E-state index in [9.17, 15) is 26.0 Å². The van der Waals surface area contributed by atoms with Gasteiger partial charge < -0.3 is 4.90 Å². The average molecular weight is 473 g/mol. The van der Waals surface area contributed by atoms with Crippen molar-refractivity contribution < 1.29 is 26.0 Å². The topological polar surface area (TPSA) is 105 Å². The number of piperidine rings is 1. The lowest BCUT2D eigenvalue weighted by atomic mass is 9.93. The quantitative estimate of drug-likeness (QED) is 0.547. The van der Waals surface area contributed by atoms with E-state index in [2.05, 4.69) is 24.8 Å². The van der Waals surface area contributed by atoms with Gasteiger partial charge in [-0.3, -0.25) is 0 Å². The van der Waals surface area contributed by atoms with Crippen LogP contribution in [-0.4, -0.2) is 64.8 Å². The molecule has 3 aromatic rings. The molecule has 4 heterocycles. The van der Waals surface area contributed by atoms with Crippen molar-refractivity contribution >= 4 is 21.5 Å². The van der Waals surface area contributed by atoms with Crippen molar-refractivity contribution in [3.63, 3.8) is 0 Å². The fraction of sp³-hybridized carbons (Fsp3) is 0.444. The summed E-state index contributed by atoms with van der Waals surface area (Å²) in [7, 11) is -3.62. The largest absolute Gasteiger partial charge is 0.356 e. The summed E-state index contributed by atoms with van der Waals surface area (Å²) in [5.41, 5.74) is 0.577. The Morgan fingerprint density at radius 2 is 2.03 bits per heavy atom. The van der Waals surface area contributed by atoms with Crippen LogP contribution >= 0.6 is 0 Å². The van der Waals surface area contributed by atoms with Crippen LogP contribution in [0, 0.1) is 5.92 Å². The second-order valence-corrected chi connectivity index (χ2v) is 9.34. The van der Waals surface area contributed by atoms with Gasteiger partial charge in [0.1, 0.15) is 23.5 Å². The Morgan fingerprint density at radius 3 is 2.75 bits per heavy atom. The summed E-state index contributed by atoms with van der Waals surface area (Å²) in [5.74, 6) is -3.95. The maximum Gasteiger partial charge on any atom is 0.282 e. The molecule has 0 saturated carbocycles. The third-order valence-corrected chi connectivity index (χ3v) is 5.88. The maximum absolute atomic E-state index is 14.3. The first-order chi connectivity index (χ1) is 15.0. The van der Waals surface area contributed by atoms with Gasteiger partial charge in [-0.15, -0.1) is 0 Å². The van der Waals surface area contributed by atoms with Crippen LogP contribution in [0.3, 0.4) is 0 Å². The number of hydrogen-bond donors (Lipinski definition) is 1. The van der Waals surface area contributed by atoms with E-state index >= 15 is 0 Å². The molecule has 3 aromatic heterocycles. The molecule has 14 heteroatoms. The Kier molecular flexibility index (Phi) is 5.75. The third-order valence-electron chi connectivity index (χ3n) is 5.19. The van der Waals surface area contributed by atoms with Crippen molar-refractivity contribution in [2.24, 2.45) is 5.92 Å². The van der Waals surface area contributed by atoms with Crippen molar-refractivity contribution in [1.82, 2.24) is 29.3 Å². The van der Waals surface area contributed by atoms with E-state index < -0.39 is 46.9 Å². The monoisotopic (exact) mass is 473 g/mol. The van der Waals surface area contributed by atoms with Gasteiger partial charge >= 0.3 is 0 Å². The molecule has 172 valence electrons. The van der Waals surface area contributed by atoms with E-state index in [0.717, 1.165) is 6.26 Å². The highest BCUT2D eigenvalue weighted by Crippen LogP contribution is 2.35. The highest BCUT2D eigenvalue weighted by atomic mass is 32.2. The van der Waals surface area contributed by atoms with E-state index in [-0.39, 0.29) is 13.1 Å². The Hall–Kier alpha value is -2.87. The molecule has 9 nitrogen and oxygen atoms in total. The fourth-order valence-electron chi connectivity index (χ4n) is 3.49. The Morgan fingerprint density at radius 1 is 1.25 bits per heavy atom. The van der Waals surface area contributed by atoms with E-state index in [1.807, 2.05) is 0 Å². The second kappa shape index (κ2) is 8.24. The number of hydrogen-bond acceptors (Lipinski definition) is 7. The number of sulfonamides is 1. The number of rotatable bonds is 6. The van der Waals surface area contributed by atoms with Gasteiger partial charge in [-0.25, -0.2) is 50.2 Å². The predicted octanol–water partition coefficient (Wildman–Crippen LogP) is 2.13. The van der Waals surface area contributed by atoms with Gasteiger partial charge in [-0.2, -0.15) is 5.10 Å². The van der Waals surface area contributed by atoms with Gasteiger partial charge in [0.2, 0.25) is 10.0 Å². The molecule has 4 rings (SSSR count). The number of imidazole rings is 1. The lowest BCUT2D eigenvalue weighted by Crippen LogP contribution is -2.51. The molecular formula is C18H19F4N7O2S. The van der Waals surface area contributed by atoms with E-state index in [1.54, 1.807) is 4.90 Å². The number of nitrogens with one attached hydrogen (secondary N) is 1. The Labute approximate surface area is 180 Å². The molecule has 0 bridgehead atoms. The predicted molar refractivity (Wildman–Crippen MR) is 107 cm³/mol. The first kappa shape index (κ1) is 22.3. The van der Waals surface area contributed by atoms with Crippen LogP contribution < -0.4 is 9.62 Å². The summed E-state index contributed by atoms with van der Waals surface area (Å²) >= 11 is 0. The maximum atomic E-state index is 14.3. The number of anilines is 1. The molecule has 1 unspecified atom stereocenters. The zero-order valence-corrected chi connectivity index (χ0v) is 17.6. The molecule has 1 fully saturated rings. The van der Waals surface area contributed by atoms with Crippen LogP contribution in [0.25, 0.3) is 17.0 Å². The van der Waals surface area contributed by atoms with Crippen molar-refractivity contribution in [2.75, 3.05) is 30.8 Å². The molecule has 1 atom stereocenters. The zero-order chi connectivity index (χ0) is 23.1. The molecule has 0 aliphatic carbocycles. The first-order valence-electron chi connectivity index (χ1n) is 9.56. The fourth-order valence-corrected chi connectivity index (χ4v) is 4.00. The number of fused-ring (bicyclic) bond motifs is 1. The highest BCUT2D eigenvalue weighted by molar-refractivity contribution is 7.88. The standard InChI is InChI=1S/C18H19F4N7O2S/c1-32(30,31)26-7-11-9-28(5-4-18(11,21)22)16-6-13(24-10-25-16)14-8-23-15-3-2-12(17(19)20)27-29(14)15/h2-3,6,8,10-11,17,26H,4-5,7,9H2,1H3. The molecule has 32 heavy (non-hydrogen) atoms. The smallest absolute Gasteiger partial charge is 0.282 e. The molecule has 1 aliphatic rings. The third kappa shape index (κ3) is 4.65. The lowest BCUT2D eigenvalue weighted by Gasteiger charge is -2.39. The van der Waals surface area contributed by atoms with Crippen molar-refractivity contribution in [1.29, 1.82) is 0 Å². The van der Waals surface area contributed by atoms with Gasteiger partial charge in [-0.1, -0.05) is 0 Å². The zero-order valence-electron chi connectivity index (χ0n) is 16.8. The molecule has 0 aromatic carbocycles. The van der Waals surface area contributed by atoms with Crippen LogP contribution in [0.2, 0.25) is 0 Å². The van der Waals surface area contributed by atoms with Gasteiger partial charge in [0.15, 0.2) is 5.65 Å². The molecule has 0 spiro atoms. The highest BCUT2D eigenvalue weighted by Gasteiger charge is 2.44. The van der Waals surface area contributed by atoms with E-state index in [1.165, 1.54) is 35.2 Å². The number of aromatic nitrogens is 5. The molecule has 1 N–H and O–H groups in total. The molecule has 0 amide bonds. The average Bonchev–Trinajstić information content (AvgIpc) is 3.15. The second-order valence-electron chi connectivity index (χ2n) is 7.51. The van der Waals surface area contributed by atoms with Crippen LogP contribution in [0.5, 0.6) is 0 Å². The Balaban J connectivity index is 1.62. The van der Waals surface area contributed by atoms with Gasteiger partial charge in [0.25, 0.3) is 12.3 Å². The van der Waals surface area contributed by atoms with Crippen LogP contribution in [0.15, 0.2) is 30.7 Å². The SMILES string of the molecule is CS(=O)(=O)NCC1CN(c2cc(-c3cnc4ccc(C(F)F)nn34)ncn2)CCC1(F)F. The van der Waals surface area contributed by atoms with Crippen LogP contribution in [0.1, 0.15) is 18.5 Å². The van der Waals surface area contributed by atoms with Gasteiger partial charge in [0, 0.05) is 32.1 Å². The minimum atomic E-state index is -3.62. The summed E-state index contributed by atoms with van der Waals surface area (Å²) in [4.78, 5) is 14.0. The van der Waals surface area contributed by atoms with Gasteiger partial charge in [-0.05, 0) is 12.1 Å². The number of halogens is 4. The van der Waals surface area contributed by atoms with Crippen molar-refractivity contribution in [3.05, 3.63) is 36.4 Å². The van der Waals surface area contributed by atoms with Crippen molar-refractivity contribution in [3.8, 4) is 11.4 Å². The van der Waals surface area contributed by atoms with E-state index in [0.29, 0.717) is 22.9 Å². The normalized spacial score (nSPS) is 19.1. The molecule has 1 aliphatic heterocycles. The molecular weight excluding hydrogens is 454 g/mol. The minimum Gasteiger partial charge on any atom is -0.356 e. The van der Waals surface area contributed by atoms with Crippen LogP contribution in [-0.2, 0) is 10.0 Å². The summed E-state index contributed by atoms with van der Waals surface area (Å²) in [6.07, 6.45) is 0.330. The minimum absolute atomic E-state index is 0.000237. The number of nitrogens with zero attached hydrogens (tertiary/aromatic N) is 6. The molecule has 0 radical (unpaired) electrons. The Bertz CT molecular complexity index is 1240. The number of alkyl halides is 4. The van der Waals surface area contributed by atoms with Crippen molar-refractivity contribution in [2.45, 2.75) is 18.8 Å². The summed E-state index contributed by atoms with van der Waals surface area (Å²) < 4.78 is 80.8.